The molecule has 9 heteroatoms. The van der Waals surface area contributed by atoms with Crippen molar-refractivity contribution in [3.63, 3.8) is 0 Å². The molecular formula is C32H34ClN5O2S. The molecule has 2 heterocycles. The zero-order valence-corrected chi connectivity index (χ0v) is 24.9. The van der Waals surface area contributed by atoms with Crippen LogP contribution >= 0.6 is 23.4 Å². The molecule has 41 heavy (non-hydrogen) atoms. The third-order valence-corrected chi connectivity index (χ3v) is 8.53. The Hall–Kier alpha value is -3.62. The fourth-order valence-electron chi connectivity index (χ4n) is 5.10. The van der Waals surface area contributed by atoms with Crippen LogP contribution in [0.5, 0.6) is 0 Å². The summed E-state index contributed by atoms with van der Waals surface area (Å²) in [6, 6.07) is 25.5. The summed E-state index contributed by atoms with van der Waals surface area (Å²) in [6.07, 6.45) is 1.88. The molecule has 4 aromatic rings. The highest BCUT2D eigenvalue weighted by atomic mass is 35.5. The van der Waals surface area contributed by atoms with E-state index in [2.05, 4.69) is 52.0 Å². The Kier molecular flexibility index (Phi) is 9.42. The Bertz CT molecular complexity index is 1490. The number of aryl methyl sites for hydroxylation is 1. The Morgan fingerprint density at radius 1 is 0.976 bits per heavy atom. The summed E-state index contributed by atoms with van der Waals surface area (Å²) in [4.78, 5) is 29.7. The Balaban J connectivity index is 1.16. The first-order chi connectivity index (χ1) is 19.9. The van der Waals surface area contributed by atoms with Gasteiger partial charge in [0.1, 0.15) is 5.82 Å². The average Bonchev–Trinajstić information content (AvgIpc) is 3.37. The summed E-state index contributed by atoms with van der Waals surface area (Å²) in [6.45, 7) is 5.68. The first kappa shape index (κ1) is 28.9. The van der Waals surface area contributed by atoms with Gasteiger partial charge in [-0.15, -0.1) is 10.2 Å². The van der Waals surface area contributed by atoms with Crippen LogP contribution in [0.15, 0.2) is 84.0 Å². The lowest BCUT2D eigenvalue weighted by molar-refractivity contribution is -0.133. The highest BCUT2D eigenvalue weighted by Gasteiger charge is 2.30. The second-order valence-corrected chi connectivity index (χ2v) is 11.9. The molecule has 2 amide bonds. The minimum absolute atomic E-state index is 0.0259. The van der Waals surface area contributed by atoms with Crippen molar-refractivity contribution < 1.29 is 9.59 Å². The monoisotopic (exact) mass is 587 g/mol. The highest BCUT2D eigenvalue weighted by Crippen LogP contribution is 2.25. The number of amides is 2. The van der Waals surface area contributed by atoms with E-state index in [4.69, 9.17) is 11.6 Å². The molecule has 0 bridgehead atoms. The van der Waals surface area contributed by atoms with Crippen LogP contribution in [0.25, 0.3) is 5.69 Å². The second-order valence-electron chi connectivity index (χ2n) is 10.4. The van der Waals surface area contributed by atoms with Gasteiger partial charge < -0.3 is 9.80 Å². The van der Waals surface area contributed by atoms with E-state index in [0.29, 0.717) is 43.1 Å². The van der Waals surface area contributed by atoms with Crippen molar-refractivity contribution in [2.75, 3.05) is 25.4 Å². The molecule has 0 saturated carbocycles. The van der Waals surface area contributed by atoms with E-state index >= 15 is 0 Å². The number of piperazine rings is 1. The summed E-state index contributed by atoms with van der Waals surface area (Å²) in [7, 11) is 0. The first-order valence-corrected chi connectivity index (χ1v) is 15.3. The average molecular weight is 588 g/mol. The van der Waals surface area contributed by atoms with Crippen molar-refractivity contribution in [1.29, 1.82) is 0 Å². The molecule has 1 aromatic heterocycles. The van der Waals surface area contributed by atoms with Gasteiger partial charge in [0, 0.05) is 60.5 Å². The minimum atomic E-state index is -0.0545. The van der Waals surface area contributed by atoms with Gasteiger partial charge in [-0.3, -0.25) is 14.2 Å². The van der Waals surface area contributed by atoms with Gasteiger partial charge >= 0.3 is 0 Å². The van der Waals surface area contributed by atoms with Crippen molar-refractivity contribution in [3.8, 4) is 5.69 Å². The van der Waals surface area contributed by atoms with Gasteiger partial charge in [-0.1, -0.05) is 65.8 Å². The number of carbonyl (C=O) groups excluding carboxylic acids is 2. The zero-order chi connectivity index (χ0) is 28.8. The van der Waals surface area contributed by atoms with Crippen LogP contribution in [0.4, 0.5) is 0 Å². The van der Waals surface area contributed by atoms with E-state index in [0.717, 1.165) is 28.8 Å². The van der Waals surface area contributed by atoms with Gasteiger partial charge in [-0.25, -0.2) is 0 Å². The second kappa shape index (κ2) is 13.4. The van der Waals surface area contributed by atoms with E-state index in [-0.39, 0.29) is 17.9 Å². The van der Waals surface area contributed by atoms with Crippen molar-refractivity contribution in [3.05, 3.63) is 106 Å². The molecular weight excluding hydrogens is 554 g/mol. The maximum Gasteiger partial charge on any atom is 0.254 e. The van der Waals surface area contributed by atoms with Gasteiger partial charge in [0.15, 0.2) is 5.16 Å². The molecule has 1 atom stereocenters. The standard InChI is InChI=1S/C32H34ClN5O2S/c1-23-8-6-11-28(20-23)38-29(21-25-9-4-3-5-10-25)34-35-32(38)41-19-7-12-30(39)36-17-18-37(24(2)22-36)31(40)26-13-15-27(33)16-14-26/h3-6,8-11,13-16,20,24H,7,12,17-19,21-22H2,1-2H3. The zero-order valence-electron chi connectivity index (χ0n) is 23.4. The molecule has 1 fully saturated rings. The van der Waals surface area contributed by atoms with E-state index in [1.54, 1.807) is 36.0 Å². The number of rotatable bonds is 9. The predicted molar refractivity (Wildman–Crippen MR) is 164 cm³/mol. The fourth-order valence-corrected chi connectivity index (χ4v) is 6.14. The summed E-state index contributed by atoms with van der Waals surface area (Å²) in [5, 5.41) is 10.5. The van der Waals surface area contributed by atoms with E-state index in [1.807, 2.05) is 41.0 Å². The third kappa shape index (κ3) is 7.18. The van der Waals surface area contributed by atoms with Crippen molar-refractivity contribution in [2.24, 2.45) is 0 Å². The minimum Gasteiger partial charge on any atom is -0.339 e. The summed E-state index contributed by atoms with van der Waals surface area (Å²) >= 11 is 7.59. The molecule has 0 spiro atoms. The van der Waals surface area contributed by atoms with Crippen LogP contribution in [0.2, 0.25) is 5.02 Å². The quantitative estimate of drug-likeness (QED) is 0.176. The summed E-state index contributed by atoms with van der Waals surface area (Å²) < 4.78 is 2.13. The highest BCUT2D eigenvalue weighted by molar-refractivity contribution is 7.99. The molecule has 5 rings (SSSR count). The number of hydrogen-bond donors (Lipinski definition) is 0. The molecule has 1 aliphatic rings. The van der Waals surface area contributed by atoms with Crippen LogP contribution in [0.3, 0.4) is 0 Å². The number of aromatic nitrogens is 3. The van der Waals surface area contributed by atoms with Crippen LogP contribution in [0, 0.1) is 6.92 Å². The summed E-state index contributed by atoms with van der Waals surface area (Å²) in [5.74, 6) is 1.74. The Morgan fingerprint density at radius 2 is 1.76 bits per heavy atom. The topological polar surface area (TPSA) is 71.3 Å². The predicted octanol–water partition coefficient (Wildman–Crippen LogP) is 6.07. The summed E-state index contributed by atoms with van der Waals surface area (Å²) in [5.41, 5.74) is 4.01. The smallest absolute Gasteiger partial charge is 0.254 e. The van der Waals surface area contributed by atoms with Gasteiger partial charge in [0.25, 0.3) is 5.91 Å². The van der Waals surface area contributed by atoms with E-state index in [9.17, 15) is 9.59 Å². The van der Waals surface area contributed by atoms with Gasteiger partial charge in [-0.05, 0) is 67.8 Å². The van der Waals surface area contributed by atoms with Crippen molar-refractivity contribution >= 4 is 35.2 Å². The SMILES string of the molecule is Cc1cccc(-n2c(Cc3ccccc3)nnc2SCCCC(=O)N2CCN(C(=O)c3ccc(Cl)cc3)C(C)C2)c1. The number of nitrogens with zero attached hydrogens (tertiary/aromatic N) is 5. The fraction of sp³-hybridized carbons (Fsp3) is 0.312. The normalized spacial score (nSPS) is 15.2. The van der Waals surface area contributed by atoms with Crippen LogP contribution in [-0.4, -0.2) is 67.8 Å². The number of benzene rings is 3. The maximum absolute atomic E-state index is 13.0. The van der Waals surface area contributed by atoms with Crippen LogP contribution in [-0.2, 0) is 11.2 Å². The van der Waals surface area contributed by atoms with Gasteiger partial charge in [0.05, 0.1) is 0 Å². The van der Waals surface area contributed by atoms with Crippen LogP contribution in [0.1, 0.15) is 47.1 Å². The van der Waals surface area contributed by atoms with Crippen LogP contribution < -0.4 is 0 Å². The molecule has 0 N–H and O–H groups in total. The van der Waals surface area contributed by atoms with E-state index in [1.165, 1.54) is 11.1 Å². The first-order valence-electron chi connectivity index (χ1n) is 13.9. The number of thioether (sulfide) groups is 1. The molecule has 1 unspecified atom stereocenters. The third-order valence-electron chi connectivity index (χ3n) is 7.26. The molecule has 212 valence electrons. The number of carbonyl (C=O) groups is 2. The van der Waals surface area contributed by atoms with Crippen molar-refractivity contribution in [2.45, 2.75) is 44.3 Å². The lowest BCUT2D eigenvalue weighted by Gasteiger charge is -2.40. The molecule has 7 nitrogen and oxygen atoms in total. The maximum atomic E-state index is 13.0. The molecule has 0 aliphatic carbocycles. The molecule has 1 aliphatic heterocycles. The lowest BCUT2D eigenvalue weighted by Crippen LogP contribution is -2.55. The van der Waals surface area contributed by atoms with Gasteiger partial charge in [0.2, 0.25) is 5.91 Å². The lowest BCUT2D eigenvalue weighted by atomic mass is 10.1. The number of halogens is 1. The molecule has 0 radical (unpaired) electrons. The molecule has 1 saturated heterocycles. The van der Waals surface area contributed by atoms with Crippen molar-refractivity contribution in [1.82, 2.24) is 24.6 Å². The largest absolute Gasteiger partial charge is 0.339 e. The number of hydrogen-bond acceptors (Lipinski definition) is 5. The van der Waals surface area contributed by atoms with E-state index < -0.39 is 0 Å². The Labute approximate surface area is 250 Å². The molecule has 3 aromatic carbocycles. The van der Waals surface area contributed by atoms with Gasteiger partial charge in [-0.2, -0.15) is 0 Å². The Morgan fingerprint density at radius 3 is 2.49 bits per heavy atom.